The van der Waals surface area contributed by atoms with Crippen LogP contribution in [0.2, 0.25) is 0 Å². The van der Waals surface area contributed by atoms with Crippen LogP contribution in [0.15, 0.2) is 182 Å². The van der Waals surface area contributed by atoms with Crippen LogP contribution in [0.25, 0.3) is 0 Å². The number of hydrogen-bond acceptors (Lipinski definition) is 2. The van der Waals surface area contributed by atoms with Crippen LogP contribution in [-0.4, -0.2) is 52.5 Å². The van der Waals surface area contributed by atoms with E-state index in [0.29, 0.717) is 47.9 Å². The summed E-state index contributed by atoms with van der Waals surface area (Å²) >= 11 is 0. The van der Waals surface area contributed by atoms with Gasteiger partial charge in [0.2, 0.25) is 0 Å². The Morgan fingerprint density at radius 2 is 0.579 bits per heavy atom. The van der Waals surface area contributed by atoms with Gasteiger partial charge < -0.3 is 10.2 Å². The molecule has 0 fully saturated rings. The molecule has 0 aromatic heterocycles. The number of hydrogen-bond donors (Lipinski definition) is 2. The topological polar surface area (TPSA) is 126 Å². The van der Waals surface area contributed by atoms with Crippen molar-refractivity contribution in [1.82, 2.24) is 0 Å². The second-order valence-electron chi connectivity index (χ2n) is 14.1. The van der Waals surface area contributed by atoms with Crippen LogP contribution in [-0.2, 0) is 41.1 Å². The van der Waals surface area contributed by atoms with Gasteiger partial charge >= 0.3 is 23.1 Å². The van der Waals surface area contributed by atoms with Crippen LogP contribution in [0.4, 0.5) is 0 Å². The molecule has 6 aromatic rings. The molecule has 0 amide bonds. The summed E-state index contributed by atoms with van der Waals surface area (Å²) in [4.78, 5) is 41.6. The van der Waals surface area contributed by atoms with E-state index < -0.39 is 11.2 Å². The third-order valence-electron chi connectivity index (χ3n) is 9.83. The molecule has 0 bridgehead atoms. The Balaban J connectivity index is 0.000000248. The van der Waals surface area contributed by atoms with Crippen LogP contribution in [0.3, 0.4) is 0 Å². The molecular weight excluding hydrogens is 760 g/mol. The van der Waals surface area contributed by atoms with E-state index in [1.54, 1.807) is 0 Å². The molecule has 0 saturated carbocycles. The fourth-order valence-corrected chi connectivity index (χ4v) is 6.83. The number of carbonyl (C=O) groups excluding carboxylic acids is 4. The van der Waals surface area contributed by atoms with Crippen LogP contribution in [0.5, 0.6) is 0 Å². The molecule has 0 aliphatic rings. The SMILES string of the molecule is OC(CC(=[OH+])CC(=[OH+])CCc1ccccc1)(c1ccccc1)c1ccccc1.OC(CC(=[OH+])CC(=[OH+])CCc1ccccc1)(c1ccccc1)c1ccccc1.[Cu]. The van der Waals surface area contributed by atoms with Gasteiger partial charge in [0, 0.05) is 17.1 Å². The fourth-order valence-electron chi connectivity index (χ4n) is 6.83. The molecule has 6 aromatic carbocycles. The van der Waals surface area contributed by atoms with E-state index in [-0.39, 0.29) is 65.9 Å². The molecule has 0 unspecified atom stereocenters. The number of aryl methyl sites for hydroxylation is 2. The van der Waals surface area contributed by atoms with Crippen molar-refractivity contribution in [2.45, 2.75) is 62.6 Å². The molecule has 295 valence electrons. The maximum absolute atomic E-state index is 11.5. The zero-order valence-electron chi connectivity index (χ0n) is 32.0. The summed E-state index contributed by atoms with van der Waals surface area (Å²) in [6, 6.07) is 57.1. The van der Waals surface area contributed by atoms with Gasteiger partial charge in [0.25, 0.3) is 0 Å². The Morgan fingerprint density at radius 3 is 0.825 bits per heavy atom. The van der Waals surface area contributed by atoms with Crippen LogP contribution in [0.1, 0.15) is 71.9 Å². The summed E-state index contributed by atoms with van der Waals surface area (Å²) in [5.74, 6) is 0.538. The molecule has 0 heterocycles. The maximum Gasteiger partial charge on any atom is 0.309 e. The first-order valence-corrected chi connectivity index (χ1v) is 19.0. The Hall–Kier alpha value is -5.56. The van der Waals surface area contributed by atoms with Crippen molar-refractivity contribution < 1.29 is 46.5 Å². The molecule has 0 atom stereocenters. The summed E-state index contributed by atoms with van der Waals surface area (Å²) in [6.07, 6.45) is 2.55. The minimum atomic E-state index is -1.35. The van der Waals surface area contributed by atoms with Gasteiger partial charge in [0.1, 0.15) is 11.2 Å². The van der Waals surface area contributed by atoms with E-state index in [4.69, 9.17) is 0 Å². The van der Waals surface area contributed by atoms with Gasteiger partial charge in [-0.25, -0.2) is 0 Å². The van der Waals surface area contributed by atoms with Crippen molar-refractivity contribution in [3.05, 3.63) is 215 Å². The quantitative estimate of drug-likeness (QED) is 0.0512. The van der Waals surface area contributed by atoms with E-state index in [0.717, 1.165) is 11.1 Å². The largest absolute Gasteiger partial charge is 0.380 e. The number of benzene rings is 6. The predicted octanol–water partition coefficient (Wildman–Crippen LogP) is 8.85. The van der Waals surface area contributed by atoms with E-state index in [1.165, 1.54) is 0 Å². The monoisotopic (exact) mass is 811 g/mol. The smallest absolute Gasteiger partial charge is 0.309 e. The van der Waals surface area contributed by atoms with Crippen molar-refractivity contribution in [2.24, 2.45) is 0 Å². The molecule has 57 heavy (non-hydrogen) atoms. The van der Waals surface area contributed by atoms with Crippen LogP contribution >= 0.6 is 0 Å². The molecule has 6 rings (SSSR count). The van der Waals surface area contributed by atoms with Crippen molar-refractivity contribution in [3.8, 4) is 0 Å². The normalized spacial score (nSPS) is 11.0. The summed E-state index contributed by atoms with van der Waals surface area (Å²) in [5.41, 5.74) is 2.39. The van der Waals surface area contributed by atoms with E-state index in [1.807, 2.05) is 182 Å². The molecule has 0 saturated heterocycles. The summed E-state index contributed by atoms with van der Waals surface area (Å²) in [7, 11) is 0. The third-order valence-corrected chi connectivity index (χ3v) is 9.83. The Morgan fingerprint density at radius 1 is 0.351 bits per heavy atom. The second-order valence-corrected chi connectivity index (χ2v) is 14.1. The predicted molar refractivity (Wildman–Crippen MR) is 228 cm³/mol. The summed E-state index contributed by atoms with van der Waals surface area (Å²) < 4.78 is 0. The van der Waals surface area contributed by atoms with Gasteiger partial charge in [-0.05, 0) is 46.2 Å². The van der Waals surface area contributed by atoms with Crippen LogP contribution < -0.4 is 0 Å². The number of rotatable bonds is 18. The van der Waals surface area contributed by atoms with Crippen molar-refractivity contribution in [1.29, 1.82) is 0 Å². The minimum Gasteiger partial charge on any atom is -0.380 e. The summed E-state index contributed by atoms with van der Waals surface area (Å²) in [5, 5.41) is 22.9. The fraction of sp³-hybridized carbons (Fsp3) is 0.200. The minimum absolute atomic E-state index is 0. The molecule has 7 heteroatoms. The van der Waals surface area contributed by atoms with Gasteiger partial charge in [-0.3, -0.25) is 19.2 Å². The summed E-state index contributed by atoms with van der Waals surface area (Å²) in [6.45, 7) is 0. The van der Waals surface area contributed by atoms with Gasteiger partial charge in [-0.15, -0.1) is 0 Å². The zero-order valence-corrected chi connectivity index (χ0v) is 32.9. The average molecular weight is 813 g/mol. The van der Waals surface area contributed by atoms with Crippen molar-refractivity contribution >= 4 is 23.1 Å². The first-order chi connectivity index (χ1) is 27.2. The molecule has 0 aliphatic heterocycles. The van der Waals surface area contributed by atoms with Gasteiger partial charge in [0.05, 0.1) is 25.7 Å². The number of aliphatic hydroxyl groups is 2. The van der Waals surface area contributed by atoms with E-state index >= 15 is 0 Å². The second kappa shape index (κ2) is 22.2. The molecular formula is C50H52CuO6+4. The Kier molecular flexibility index (Phi) is 17.2. The standard InChI is InChI=1S/2C25H24O3.Cu/c2*26-23(17-16-20-10-4-1-5-11-20)18-24(27)19-25(28,21-12-6-2-7-13-21)22-14-8-3-9-15-22;/h2*1-15,28H,16-19H2;/p+4. The van der Waals surface area contributed by atoms with Gasteiger partial charge in [0.15, 0.2) is 12.8 Å². The first-order valence-electron chi connectivity index (χ1n) is 19.0. The van der Waals surface area contributed by atoms with E-state index in [2.05, 4.69) is 0 Å². The average Bonchev–Trinajstić information content (AvgIpc) is 3.24. The Labute approximate surface area is 346 Å². The molecule has 1 radical (unpaired) electrons. The van der Waals surface area contributed by atoms with Gasteiger partial charge in [-0.2, -0.15) is 0 Å². The van der Waals surface area contributed by atoms with Crippen LogP contribution in [0, 0.1) is 0 Å². The van der Waals surface area contributed by atoms with Crippen molar-refractivity contribution in [3.63, 3.8) is 0 Å². The molecule has 6 nitrogen and oxygen atoms in total. The van der Waals surface area contributed by atoms with Gasteiger partial charge in [-0.1, -0.05) is 182 Å². The zero-order chi connectivity index (χ0) is 39.6. The van der Waals surface area contributed by atoms with Crippen molar-refractivity contribution in [2.75, 3.05) is 0 Å². The molecule has 6 N–H and O–H groups in total. The molecule has 0 aliphatic carbocycles. The third kappa shape index (κ3) is 13.3. The first kappa shape index (κ1) is 44.2. The number of ketones is 4. The Bertz CT molecular complexity index is 1890. The maximum atomic E-state index is 11.5. The molecule has 0 spiro atoms. The van der Waals surface area contributed by atoms with E-state index in [9.17, 15) is 29.4 Å².